The Hall–Kier alpha value is -0.615. The molecule has 120 valence electrons. The molecule has 1 aliphatic heterocycles. The van der Waals surface area contributed by atoms with Crippen LogP contribution in [0.4, 0.5) is 0 Å². The molecule has 1 fully saturated rings. The lowest BCUT2D eigenvalue weighted by molar-refractivity contribution is 0.00578. The molecule has 0 saturated carbocycles. The predicted molar refractivity (Wildman–Crippen MR) is 95.9 cm³/mol. The lowest BCUT2D eigenvalue weighted by Crippen LogP contribution is -2.41. The fourth-order valence-corrected chi connectivity index (χ4v) is 2.60. The third-order valence-electron chi connectivity index (χ3n) is 4.27. The number of ether oxygens (including phenoxy) is 1. The van der Waals surface area contributed by atoms with Crippen LogP contribution >= 0.6 is 24.2 Å². The van der Waals surface area contributed by atoms with Crippen LogP contribution in [0.1, 0.15) is 33.3 Å². The molecule has 1 aliphatic rings. The molecule has 0 amide bonds. The Morgan fingerprint density at radius 1 is 1.27 bits per heavy atom. The SMILES string of the molecule is COc1cc(C=C(CS)B2OC(C)(C)C(C)(C)O2)ccc1Cl. The molecule has 0 spiro atoms. The highest BCUT2D eigenvalue weighted by Gasteiger charge is 2.52. The molecule has 1 heterocycles. The molecule has 3 nitrogen and oxygen atoms in total. The molecule has 0 N–H and O–H groups in total. The smallest absolute Gasteiger partial charge is 0.491 e. The van der Waals surface area contributed by atoms with Crippen molar-refractivity contribution in [2.75, 3.05) is 12.9 Å². The molecule has 0 aromatic heterocycles. The molecular formula is C16H22BClO3S. The van der Waals surface area contributed by atoms with Crippen LogP contribution in [0.2, 0.25) is 5.02 Å². The van der Waals surface area contributed by atoms with E-state index in [1.165, 1.54) is 0 Å². The number of thiol groups is 1. The topological polar surface area (TPSA) is 27.7 Å². The van der Waals surface area contributed by atoms with Gasteiger partial charge in [0.15, 0.2) is 0 Å². The molecule has 0 bridgehead atoms. The molecule has 0 atom stereocenters. The van der Waals surface area contributed by atoms with Crippen molar-refractivity contribution in [3.05, 3.63) is 34.3 Å². The molecule has 22 heavy (non-hydrogen) atoms. The summed E-state index contributed by atoms with van der Waals surface area (Å²) in [5.41, 5.74) is 1.21. The lowest BCUT2D eigenvalue weighted by atomic mass is 9.78. The van der Waals surface area contributed by atoms with E-state index in [2.05, 4.69) is 12.6 Å². The maximum absolute atomic E-state index is 6.07. The molecule has 6 heteroatoms. The summed E-state index contributed by atoms with van der Waals surface area (Å²) in [7, 11) is 1.20. The van der Waals surface area contributed by atoms with Gasteiger partial charge in [0.25, 0.3) is 0 Å². The minimum absolute atomic E-state index is 0.364. The van der Waals surface area contributed by atoms with Gasteiger partial charge in [-0.15, -0.1) is 0 Å². The summed E-state index contributed by atoms with van der Waals surface area (Å²) in [4.78, 5) is 0. The predicted octanol–water partition coefficient (Wildman–Crippen LogP) is 4.29. The van der Waals surface area contributed by atoms with Gasteiger partial charge in [0.2, 0.25) is 0 Å². The summed E-state index contributed by atoms with van der Waals surface area (Å²) in [5.74, 6) is 1.18. The van der Waals surface area contributed by atoms with E-state index in [0.717, 1.165) is 11.0 Å². The highest BCUT2D eigenvalue weighted by molar-refractivity contribution is 7.80. The average Bonchev–Trinajstić information content (AvgIpc) is 2.66. The summed E-state index contributed by atoms with van der Waals surface area (Å²) in [6.45, 7) is 8.14. The molecule has 0 unspecified atom stereocenters. The minimum atomic E-state index is -0.399. The van der Waals surface area contributed by atoms with E-state index in [0.29, 0.717) is 16.5 Å². The second-order valence-corrected chi connectivity index (χ2v) is 7.08. The van der Waals surface area contributed by atoms with Crippen molar-refractivity contribution in [2.24, 2.45) is 0 Å². The highest BCUT2D eigenvalue weighted by Crippen LogP contribution is 2.39. The molecule has 1 aromatic carbocycles. The highest BCUT2D eigenvalue weighted by atomic mass is 35.5. The van der Waals surface area contributed by atoms with E-state index in [1.807, 2.05) is 52.0 Å². The number of methoxy groups -OCH3 is 1. The summed E-state index contributed by atoms with van der Waals surface area (Å²) in [6.07, 6.45) is 2.01. The Labute approximate surface area is 143 Å². The average molecular weight is 341 g/mol. The van der Waals surface area contributed by atoms with Gasteiger partial charge in [-0.2, -0.15) is 12.6 Å². The summed E-state index contributed by atoms with van der Waals surface area (Å²) in [5, 5.41) is 0.586. The lowest BCUT2D eigenvalue weighted by Gasteiger charge is -2.32. The zero-order valence-corrected chi connectivity index (χ0v) is 15.3. The van der Waals surface area contributed by atoms with E-state index in [4.69, 9.17) is 25.6 Å². The van der Waals surface area contributed by atoms with Gasteiger partial charge in [-0.3, -0.25) is 0 Å². The minimum Gasteiger partial charge on any atom is -0.495 e. The molecule has 0 aliphatic carbocycles. The van der Waals surface area contributed by atoms with E-state index < -0.39 is 7.12 Å². The Morgan fingerprint density at radius 2 is 1.86 bits per heavy atom. The van der Waals surface area contributed by atoms with Crippen LogP contribution in [-0.2, 0) is 9.31 Å². The van der Waals surface area contributed by atoms with Gasteiger partial charge in [0.05, 0.1) is 23.3 Å². The van der Waals surface area contributed by atoms with Gasteiger partial charge in [-0.1, -0.05) is 23.7 Å². The quantitative estimate of drug-likeness (QED) is 0.654. The fraction of sp³-hybridized carbons (Fsp3) is 0.500. The third-order valence-corrected chi connectivity index (χ3v) is 4.94. The van der Waals surface area contributed by atoms with E-state index in [9.17, 15) is 0 Å². The van der Waals surface area contributed by atoms with Gasteiger partial charge in [-0.25, -0.2) is 0 Å². The second-order valence-electron chi connectivity index (χ2n) is 6.36. The number of hydrogen-bond donors (Lipinski definition) is 1. The van der Waals surface area contributed by atoms with Crippen molar-refractivity contribution < 1.29 is 14.0 Å². The first-order chi connectivity index (χ1) is 10.2. The van der Waals surface area contributed by atoms with Crippen molar-refractivity contribution >= 4 is 37.4 Å². The van der Waals surface area contributed by atoms with Crippen LogP contribution in [0, 0.1) is 0 Å². The molecule has 1 aromatic rings. The van der Waals surface area contributed by atoms with Crippen LogP contribution in [-0.4, -0.2) is 31.2 Å². The first-order valence-electron chi connectivity index (χ1n) is 7.20. The fourth-order valence-electron chi connectivity index (χ4n) is 2.16. The van der Waals surface area contributed by atoms with Gasteiger partial charge >= 0.3 is 7.12 Å². The van der Waals surface area contributed by atoms with Crippen LogP contribution in [0.3, 0.4) is 0 Å². The zero-order chi connectivity index (χ0) is 16.5. The summed E-state index contributed by atoms with van der Waals surface area (Å²) in [6, 6.07) is 5.63. The van der Waals surface area contributed by atoms with E-state index >= 15 is 0 Å². The van der Waals surface area contributed by atoms with E-state index in [1.54, 1.807) is 7.11 Å². The molecule has 1 saturated heterocycles. The second kappa shape index (κ2) is 6.48. The molecule has 2 rings (SSSR count). The Bertz CT molecular complexity index is 571. The molecule has 0 radical (unpaired) electrons. The maximum Gasteiger partial charge on any atom is 0.491 e. The maximum atomic E-state index is 6.07. The zero-order valence-electron chi connectivity index (χ0n) is 13.6. The van der Waals surface area contributed by atoms with Gasteiger partial charge < -0.3 is 14.0 Å². The van der Waals surface area contributed by atoms with Crippen molar-refractivity contribution in [1.82, 2.24) is 0 Å². The monoisotopic (exact) mass is 340 g/mol. The Kier molecular flexibility index (Phi) is 5.22. The number of halogens is 1. The van der Waals surface area contributed by atoms with Crippen molar-refractivity contribution in [3.63, 3.8) is 0 Å². The van der Waals surface area contributed by atoms with Gasteiger partial charge in [0, 0.05) is 5.75 Å². The van der Waals surface area contributed by atoms with Crippen molar-refractivity contribution in [3.8, 4) is 5.75 Å². The van der Waals surface area contributed by atoms with Crippen molar-refractivity contribution in [2.45, 2.75) is 38.9 Å². The van der Waals surface area contributed by atoms with Crippen molar-refractivity contribution in [1.29, 1.82) is 0 Å². The summed E-state index contributed by atoms with van der Waals surface area (Å²) >= 11 is 10.5. The Balaban J connectivity index is 2.29. The first-order valence-corrected chi connectivity index (χ1v) is 8.22. The third kappa shape index (κ3) is 3.48. The number of rotatable bonds is 4. The Morgan fingerprint density at radius 3 is 2.36 bits per heavy atom. The first kappa shape index (κ1) is 17.7. The largest absolute Gasteiger partial charge is 0.495 e. The molecular weight excluding hydrogens is 319 g/mol. The van der Waals surface area contributed by atoms with Crippen LogP contribution in [0.25, 0.3) is 6.08 Å². The number of hydrogen-bond acceptors (Lipinski definition) is 4. The van der Waals surface area contributed by atoms with Crippen LogP contribution in [0.15, 0.2) is 23.7 Å². The van der Waals surface area contributed by atoms with Gasteiger partial charge in [-0.05, 0) is 50.9 Å². The standard InChI is InChI=1S/C16H22BClO3S/c1-15(2)16(3,4)21-17(20-15)12(10-22)8-11-6-7-13(18)14(9-11)19-5/h6-9,22H,10H2,1-5H3. The van der Waals surface area contributed by atoms with Crippen LogP contribution in [0.5, 0.6) is 5.75 Å². The summed E-state index contributed by atoms with van der Waals surface area (Å²) < 4.78 is 17.4. The van der Waals surface area contributed by atoms with Gasteiger partial charge in [0.1, 0.15) is 5.75 Å². The van der Waals surface area contributed by atoms with E-state index in [-0.39, 0.29) is 11.2 Å². The van der Waals surface area contributed by atoms with Crippen LogP contribution < -0.4 is 4.74 Å². The normalized spacial score (nSPS) is 20.3. The number of benzene rings is 1.